The monoisotopic (exact) mass is 277 g/mol. The molecule has 0 bridgehead atoms. The van der Waals surface area contributed by atoms with E-state index < -0.39 is 0 Å². The van der Waals surface area contributed by atoms with Crippen molar-refractivity contribution in [3.8, 4) is 0 Å². The largest absolute Gasteiger partial charge is 0.283 e. The second-order valence-electron chi connectivity index (χ2n) is 6.44. The first kappa shape index (κ1) is 15.8. The molecular weight excluding hydrogens is 251 g/mol. The van der Waals surface area contributed by atoms with E-state index in [0.717, 1.165) is 0 Å². The molecule has 0 N–H and O–H groups in total. The fraction of sp³-hybridized carbons (Fsp3) is 0.350. The lowest BCUT2D eigenvalue weighted by Crippen LogP contribution is -2.42. The zero-order valence-electron chi connectivity index (χ0n) is 14.5. The standard InChI is InChI=1S/C20H26B/c1-8-21(19-15(4)9-13(2)10-16(19)5)20-17(6)11-14(3)12-18(20)7/h8-12H,1-7H3/q-1. The Bertz CT molecular complexity index is 615. The first-order valence-corrected chi connectivity index (χ1v) is 7.80. The third kappa shape index (κ3) is 3.02. The van der Waals surface area contributed by atoms with Crippen molar-refractivity contribution in [3.05, 3.63) is 57.6 Å². The Morgan fingerprint density at radius 2 is 0.905 bits per heavy atom. The Balaban J connectivity index is 2.73. The highest BCUT2D eigenvalue weighted by Gasteiger charge is 2.06. The molecule has 0 saturated heterocycles. The molecule has 0 aliphatic rings. The van der Waals surface area contributed by atoms with Crippen molar-refractivity contribution < 1.29 is 0 Å². The average Bonchev–Trinajstić information content (AvgIpc) is 2.34. The first-order chi connectivity index (χ1) is 9.85. The summed E-state index contributed by atoms with van der Waals surface area (Å²) in [6, 6.07) is 9.21. The maximum absolute atomic E-state index is 2.34. The smallest absolute Gasteiger partial charge is 0.0398 e. The van der Waals surface area contributed by atoms with Gasteiger partial charge in [-0.1, -0.05) is 70.9 Å². The van der Waals surface area contributed by atoms with Crippen LogP contribution in [0.1, 0.15) is 40.3 Å². The summed E-state index contributed by atoms with van der Waals surface area (Å²) >= 11 is 0. The quantitative estimate of drug-likeness (QED) is 0.736. The highest BCUT2D eigenvalue weighted by molar-refractivity contribution is 6.89. The molecule has 2 rings (SSSR count). The van der Waals surface area contributed by atoms with Crippen molar-refractivity contribution in [2.45, 2.75) is 48.5 Å². The SMILES string of the molecule is CC=[B-](c1c(C)cc(C)cc1C)c1c(C)cc(C)cc1C. The molecule has 0 saturated carbocycles. The van der Waals surface area contributed by atoms with Crippen molar-refractivity contribution in [2.24, 2.45) is 0 Å². The zero-order valence-corrected chi connectivity index (χ0v) is 14.5. The summed E-state index contributed by atoms with van der Waals surface area (Å²) in [5, 5.41) is 0. The van der Waals surface area contributed by atoms with Crippen LogP contribution in [0.5, 0.6) is 0 Å². The first-order valence-electron chi connectivity index (χ1n) is 7.80. The molecule has 0 aliphatic heterocycles. The van der Waals surface area contributed by atoms with Gasteiger partial charge in [0, 0.05) is 0 Å². The second kappa shape index (κ2) is 6.01. The molecule has 2 aromatic carbocycles. The van der Waals surface area contributed by atoms with E-state index in [1.165, 1.54) is 44.3 Å². The Hall–Kier alpha value is -1.63. The van der Waals surface area contributed by atoms with Gasteiger partial charge in [-0.15, -0.1) is 0 Å². The van der Waals surface area contributed by atoms with E-state index in [9.17, 15) is 0 Å². The molecule has 110 valence electrons. The van der Waals surface area contributed by atoms with Crippen LogP contribution in [0, 0.1) is 41.5 Å². The molecule has 0 aliphatic carbocycles. The number of aryl methyl sites for hydroxylation is 6. The summed E-state index contributed by atoms with van der Waals surface area (Å²) in [6.45, 7) is 15.5. The van der Waals surface area contributed by atoms with Crippen LogP contribution in [0.4, 0.5) is 0 Å². The van der Waals surface area contributed by atoms with Gasteiger partial charge in [0.25, 0.3) is 0 Å². The number of hydrogen-bond acceptors (Lipinski definition) is 0. The molecule has 0 heterocycles. The summed E-state index contributed by atoms with van der Waals surface area (Å²) in [4.78, 5) is 0. The molecule has 0 unspecified atom stereocenters. The molecule has 1 heteroatoms. The number of rotatable bonds is 2. The van der Waals surface area contributed by atoms with Crippen LogP contribution in [-0.4, -0.2) is 12.3 Å². The molecule has 0 aromatic heterocycles. The van der Waals surface area contributed by atoms with E-state index in [0.29, 0.717) is 6.35 Å². The summed E-state index contributed by atoms with van der Waals surface area (Å²) < 4.78 is 0. The molecular formula is C20H26B-. The molecule has 2 aromatic rings. The van der Waals surface area contributed by atoms with Gasteiger partial charge in [0.05, 0.1) is 0 Å². The fourth-order valence-electron chi connectivity index (χ4n) is 3.84. The lowest BCUT2D eigenvalue weighted by atomic mass is 9.47. The minimum Gasteiger partial charge on any atom is -0.283 e. The Kier molecular flexibility index (Phi) is 4.51. The second-order valence-corrected chi connectivity index (χ2v) is 6.44. The molecule has 0 nitrogen and oxygen atoms in total. The highest BCUT2D eigenvalue weighted by Crippen LogP contribution is 2.10. The maximum atomic E-state index is 2.34. The molecule has 0 fully saturated rings. The summed E-state index contributed by atoms with van der Waals surface area (Å²) in [6.07, 6.45) is 0.381. The Labute approximate surface area is 130 Å². The van der Waals surface area contributed by atoms with Gasteiger partial charge in [-0.25, -0.2) is 10.9 Å². The number of hydrogen-bond donors (Lipinski definition) is 0. The van der Waals surface area contributed by atoms with E-state index in [1.54, 1.807) is 0 Å². The minimum absolute atomic E-state index is 0.381. The summed E-state index contributed by atoms with van der Waals surface area (Å²) in [5.41, 5.74) is 11.2. The van der Waals surface area contributed by atoms with Crippen molar-refractivity contribution in [1.29, 1.82) is 0 Å². The van der Waals surface area contributed by atoms with Gasteiger partial charge in [-0.05, 0) is 41.5 Å². The fourth-order valence-corrected chi connectivity index (χ4v) is 3.84. The van der Waals surface area contributed by atoms with Crippen LogP contribution < -0.4 is 10.9 Å². The predicted octanol–water partition coefficient (Wildman–Crippen LogP) is 3.55. The maximum Gasteiger partial charge on any atom is -0.0398 e. The molecule has 21 heavy (non-hydrogen) atoms. The van der Waals surface area contributed by atoms with E-state index in [2.05, 4.69) is 78.7 Å². The third-order valence-corrected chi connectivity index (χ3v) is 4.43. The van der Waals surface area contributed by atoms with Crippen LogP contribution in [-0.2, 0) is 0 Å². The van der Waals surface area contributed by atoms with E-state index >= 15 is 0 Å². The van der Waals surface area contributed by atoms with Crippen LogP contribution in [0.3, 0.4) is 0 Å². The van der Waals surface area contributed by atoms with E-state index in [-0.39, 0.29) is 0 Å². The highest BCUT2D eigenvalue weighted by atomic mass is 14.1. The average molecular weight is 277 g/mol. The lowest BCUT2D eigenvalue weighted by molar-refractivity contribution is 1.34. The Morgan fingerprint density at radius 3 is 1.14 bits per heavy atom. The third-order valence-electron chi connectivity index (χ3n) is 4.43. The van der Waals surface area contributed by atoms with Gasteiger partial charge in [-0.2, -0.15) is 0 Å². The van der Waals surface area contributed by atoms with Gasteiger partial charge in [0.2, 0.25) is 0 Å². The van der Waals surface area contributed by atoms with Gasteiger partial charge < -0.3 is 0 Å². The summed E-state index contributed by atoms with van der Waals surface area (Å²) in [7, 11) is 0. The van der Waals surface area contributed by atoms with Crippen LogP contribution in [0.2, 0.25) is 0 Å². The van der Waals surface area contributed by atoms with Crippen LogP contribution >= 0.6 is 0 Å². The lowest BCUT2D eigenvalue weighted by Gasteiger charge is -2.29. The van der Waals surface area contributed by atoms with Crippen molar-refractivity contribution in [1.82, 2.24) is 0 Å². The van der Waals surface area contributed by atoms with Gasteiger partial charge in [0.15, 0.2) is 0 Å². The zero-order chi connectivity index (χ0) is 15.7. The van der Waals surface area contributed by atoms with Crippen LogP contribution in [0.15, 0.2) is 24.3 Å². The van der Waals surface area contributed by atoms with Crippen molar-refractivity contribution >= 4 is 23.2 Å². The van der Waals surface area contributed by atoms with E-state index in [4.69, 9.17) is 0 Å². The van der Waals surface area contributed by atoms with Gasteiger partial charge in [-0.3, -0.25) is 5.97 Å². The number of benzene rings is 2. The molecule has 0 spiro atoms. The predicted molar refractivity (Wildman–Crippen MR) is 98.1 cm³/mol. The van der Waals surface area contributed by atoms with E-state index in [1.807, 2.05) is 0 Å². The normalized spacial score (nSPS) is 10.6. The molecule has 0 atom stereocenters. The molecule has 0 radical (unpaired) electrons. The minimum atomic E-state index is 0.381. The van der Waals surface area contributed by atoms with Gasteiger partial charge >= 0.3 is 0 Å². The van der Waals surface area contributed by atoms with Crippen molar-refractivity contribution in [2.75, 3.05) is 0 Å². The Morgan fingerprint density at radius 1 is 0.619 bits per heavy atom. The topological polar surface area (TPSA) is 0 Å². The van der Waals surface area contributed by atoms with Crippen LogP contribution in [0.25, 0.3) is 0 Å². The summed E-state index contributed by atoms with van der Waals surface area (Å²) in [5.74, 6) is 2.34. The van der Waals surface area contributed by atoms with Crippen molar-refractivity contribution in [3.63, 3.8) is 0 Å². The molecule has 0 amide bonds. The van der Waals surface area contributed by atoms with Gasteiger partial charge in [0.1, 0.15) is 0 Å².